The summed E-state index contributed by atoms with van der Waals surface area (Å²) in [5.41, 5.74) is -0.770. The summed E-state index contributed by atoms with van der Waals surface area (Å²) in [5, 5.41) is 14.8. The zero-order chi connectivity index (χ0) is 32.8. The molecular formula is C30H35FN6O7S. The molecule has 2 aromatic carbocycles. The molecule has 0 unspecified atom stereocenters. The van der Waals surface area contributed by atoms with E-state index in [1.165, 1.54) is 12.1 Å². The third kappa shape index (κ3) is 9.18. The molecule has 4 rings (SSSR count). The van der Waals surface area contributed by atoms with Crippen LogP contribution in [0.15, 0.2) is 65.8 Å². The van der Waals surface area contributed by atoms with E-state index in [1.807, 2.05) is 4.90 Å². The van der Waals surface area contributed by atoms with Crippen LogP contribution in [-0.4, -0.2) is 78.7 Å². The van der Waals surface area contributed by atoms with E-state index in [4.69, 9.17) is 9.84 Å². The van der Waals surface area contributed by atoms with Gasteiger partial charge in [-0.3, -0.25) is 9.59 Å². The third-order valence-corrected chi connectivity index (χ3v) is 8.30. The van der Waals surface area contributed by atoms with E-state index in [2.05, 4.69) is 25.3 Å². The lowest BCUT2D eigenvalue weighted by molar-refractivity contribution is -0.156. The van der Waals surface area contributed by atoms with Gasteiger partial charge in [0.1, 0.15) is 17.5 Å². The zero-order valence-corrected chi connectivity index (χ0v) is 25.8. The van der Waals surface area contributed by atoms with Gasteiger partial charge in [-0.1, -0.05) is 0 Å². The maximum atomic E-state index is 15.2. The van der Waals surface area contributed by atoms with Crippen LogP contribution in [0.2, 0.25) is 0 Å². The topological polar surface area (TPSA) is 180 Å². The molecule has 0 aliphatic carbocycles. The van der Waals surface area contributed by atoms with E-state index in [9.17, 15) is 22.8 Å². The van der Waals surface area contributed by atoms with Gasteiger partial charge in [0.25, 0.3) is 5.91 Å². The van der Waals surface area contributed by atoms with Crippen molar-refractivity contribution in [1.29, 1.82) is 0 Å². The zero-order valence-electron chi connectivity index (χ0n) is 25.0. The Kier molecular flexibility index (Phi) is 10.3. The largest absolute Gasteiger partial charge is 0.478 e. The first-order chi connectivity index (χ1) is 21.2. The van der Waals surface area contributed by atoms with Crippen LogP contribution >= 0.6 is 0 Å². The SMILES string of the molecule is CC(C)(C)OC(=O)[C@H](CNC(=O)c1ccc(N2CCC(Nc3ncccn3)CC2)c(F)c1)NS(=O)(=O)c1ccc(C(=O)O)cc1. The maximum Gasteiger partial charge on any atom is 0.335 e. The van der Waals surface area contributed by atoms with E-state index in [0.29, 0.717) is 24.7 Å². The Labute approximate surface area is 260 Å². The van der Waals surface area contributed by atoms with Crippen molar-refractivity contribution in [3.63, 3.8) is 0 Å². The molecule has 1 amide bonds. The smallest absolute Gasteiger partial charge is 0.335 e. The molecular weight excluding hydrogens is 607 g/mol. The lowest BCUT2D eigenvalue weighted by Crippen LogP contribution is -2.50. The summed E-state index contributed by atoms with van der Waals surface area (Å²) in [4.78, 5) is 46.9. The first kappa shape index (κ1) is 33.3. The Morgan fingerprint density at radius 3 is 2.24 bits per heavy atom. The minimum absolute atomic E-state index is 0.0240. The predicted molar refractivity (Wildman–Crippen MR) is 163 cm³/mol. The molecule has 1 aliphatic rings. The van der Waals surface area contributed by atoms with E-state index < -0.39 is 51.9 Å². The summed E-state index contributed by atoms with van der Waals surface area (Å²) < 4.78 is 48.8. The minimum Gasteiger partial charge on any atom is -0.478 e. The second-order valence-corrected chi connectivity index (χ2v) is 13.1. The van der Waals surface area contributed by atoms with Gasteiger partial charge in [-0.25, -0.2) is 27.6 Å². The summed E-state index contributed by atoms with van der Waals surface area (Å²) in [6, 6.07) is 8.75. The predicted octanol–water partition coefficient (Wildman–Crippen LogP) is 2.81. The first-order valence-corrected chi connectivity index (χ1v) is 15.6. The fraction of sp³-hybridized carbons (Fsp3) is 0.367. The van der Waals surface area contributed by atoms with Crippen LogP contribution in [0.3, 0.4) is 0 Å². The number of anilines is 2. The molecule has 1 fully saturated rings. The summed E-state index contributed by atoms with van der Waals surface area (Å²) in [7, 11) is -4.33. The van der Waals surface area contributed by atoms with Crippen LogP contribution in [-0.2, 0) is 19.6 Å². The summed E-state index contributed by atoms with van der Waals surface area (Å²) >= 11 is 0. The van der Waals surface area contributed by atoms with E-state index in [1.54, 1.807) is 39.2 Å². The number of nitrogens with zero attached hydrogens (tertiary/aromatic N) is 3. The number of piperidine rings is 1. The molecule has 240 valence electrons. The Morgan fingerprint density at radius 1 is 1.04 bits per heavy atom. The van der Waals surface area contributed by atoms with E-state index >= 15 is 4.39 Å². The number of esters is 1. The molecule has 2 heterocycles. The Hall–Kier alpha value is -4.63. The van der Waals surface area contributed by atoms with Gasteiger partial charge in [-0.15, -0.1) is 0 Å². The number of nitrogens with one attached hydrogen (secondary N) is 3. The van der Waals surface area contributed by atoms with Crippen LogP contribution in [0.1, 0.15) is 54.3 Å². The van der Waals surface area contributed by atoms with Gasteiger partial charge < -0.3 is 25.4 Å². The monoisotopic (exact) mass is 642 g/mol. The molecule has 0 spiro atoms. The molecule has 13 nitrogen and oxygen atoms in total. The number of carbonyl (C=O) groups is 3. The number of ether oxygens (including phenoxy) is 1. The number of amides is 1. The number of sulfonamides is 1. The van der Waals surface area contributed by atoms with Gasteiger partial charge in [0.15, 0.2) is 0 Å². The van der Waals surface area contributed by atoms with E-state index in [0.717, 1.165) is 43.2 Å². The highest BCUT2D eigenvalue weighted by molar-refractivity contribution is 7.89. The van der Waals surface area contributed by atoms with Crippen molar-refractivity contribution in [2.45, 2.75) is 56.2 Å². The van der Waals surface area contributed by atoms with Crippen molar-refractivity contribution in [2.75, 3.05) is 29.9 Å². The highest BCUT2D eigenvalue weighted by Crippen LogP contribution is 2.25. The molecule has 3 aromatic rings. The number of aromatic nitrogens is 2. The summed E-state index contributed by atoms with van der Waals surface area (Å²) in [5.74, 6) is -2.98. The Bertz CT molecular complexity index is 1620. The summed E-state index contributed by atoms with van der Waals surface area (Å²) in [6.45, 7) is 5.44. The average molecular weight is 643 g/mol. The maximum absolute atomic E-state index is 15.2. The molecule has 1 atom stereocenters. The normalized spacial score (nSPS) is 14.8. The van der Waals surface area contributed by atoms with Crippen LogP contribution in [0.5, 0.6) is 0 Å². The average Bonchev–Trinajstić information content (AvgIpc) is 2.99. The Balaban J connectivity index is 1.40. The van der Waals surface area contributed by atoms with Gasteiger partial charge in [0, 0.05) is 43.6 Å². The Morgan fingerprint density at radius 2 is 1.67 bits per heavy atom. The second-order valence-electron chi connectivity index (χ2n) is 11.4. The lowest BCUT2D eigenvalue weighted by Gasteiger charge is -2.34. The third-order valence-electron chi connectivity index (χ3n) is 6.81. The summed E-state index contributed by atoms with van der Waals surface area (Å²) in [6.07, 6.45) is 4.76. The number of carbonyl (C=O) groups excluding carboxylic acids is 2. The van der Waals surface area contributed by atoms with Crippen molar-refractivity contribution >= 4 is 39.5 Å². The van der Waals surface area contributed by atoms with Crippen molar-refractivity contribution in [2.24, 2.45) is 0 Å². The highest BCUT2D eigenvalue weighted by atomic mass is 32.2. The van der Waals surface area contributed by atoms with Crippen LogP contribution in [0.25, 0.3) is 0 Å². The molecule has 15 heteroatoms. The number of carboxylic acids is 1. The lowest BCUT2D eigenvalue weighted by atomic mass is 10.0. The standard InChI is InChI=1S/C30H35FN6O7S/c1-30(2,3)44-28(41)24(36-45(42,43)22-8-5-19(6-9-22)27(39)40)18-34-26(38)20-7-10-25(23(31)17-20)37-15-11-21(12-16-37)35-29-32-13-4-14-33-29/h4-10,13-14,17,21,24,36H,11-12,15-16,18H2,1-3H3,(H,34,38)(H,39,40)(H,32,33,35)/t24-/m0/s1. The van der Waals surface area contributed by atoms with Gasteiger partial charge >= 0.3 is 11.9 Å². The number of benzene rings is 2. The second kappa shape index (κ2) is 14.0. The van der Waals surface area contributed by atoms with Gasteiger partial charge in [-0.2, -0.15) is 4.72 Å². The van der Waals surface area contributed by atoms with Gasteiger partial charge in [-0.05, 0) is 82.1 Å². The number of hydrogen-bond acceptors (Lipinski definition) is 10. The van der Waals surface area contributed by atoms with Gasteiger partial charge in [0.05, 0.1) is 16.1 Å². The number of rotatable bonds is 11. The molecule has 0 bridgehead atoms. The highest BCUT2D eigenvalue weighted by Gasteiger charge is 2.31. The van der Waals surface area contributed by atoms with E-state index in [-0.39, 0.29) is 22.1 Å². The first-order valence-electron chi connectivity index (χ1n) is 14.2. The quantitative estimate of drug-likeness (QED) is 0.226. The molecule has 0 saturated carbocycles. The number of aromatic carboxylic acids is 1. The molecule has 0 radical (unpaired) electrons. The molecule has 1 aliphatic heterocycles. The van der Waals surface area contributed by atoms with Gasteiger partial charge in [0.2, 0.25) is 16.0 Å². The molecule has 1 saturated heterocycles. The van der Waals surface area contributed by atoms with Crippen molar-refractivity contribution in [3.05, 3.63) is 77.9 Å². The number of carboxylic acid groups (broad SMARTS) is 1. The van der Waals surface area contributed by atoms with Crippen molar-refractivity contribution < 1.29 is 37.0 Å². The molecule has 4 N–H and O–H groups in total. The minimum atomic E-state index is -4.33. The van der Waals surface area contributed by atoms with Crippen molar-refractivity contribution in [1.82, 2.24) is 20.0 Å². The molecule has 1 aromatic heterocycles. The van der Waals surface area contributed by atoms with Crippen LogP contribution in [0.4, 0.5) is 16.0 Å². The molecule has 45 heavy (non-hydrogen) atoms. The van der Waals surface area contributed by atoms with Crippen LogP contribution in [0, 0.1) is 5.82 Å². The van der Waals surface area contributed by atoms with Crippen LogP contribution < -0.4 is 20.3 Å². The number of halogens is 1. The fourth-order valence-corrected chi connectivity index (χ4v) is 5.78. The fourth-order valence-electron chi connectivity index (χ4n) is 4.60. The van der Waals surface area contributed by atoms with Crippen molar-refractivity contribution in [3.8, 4) is 0 Å². The number of hydrogen-bond donors (Lipinski definition) is 4.